The summed E-state index contributed by atoms with van der Waals surface area (Å²) in [7, 11) is 0. The first-order chi connectivity index (χ1) is 18.1. The number of amides is 1. The quantitative estimate of drug-likeness (QED) is 0.343. The Morgan fingerprint density at radius 1 is 0.946 bits per heavy atom. The minimum Gasteiger partial charge on any atom is -0.342 e. The van der Waals surface area contributed by atoms with Gasteiger partial charge in [0.15, 0.2) is 0 Å². The molecule has 4 nitrogen and oxygen atoms in total. The van der Waals surface area contributed by atoms with Crippen molar-refractivity contribution in [3.63, 3.8) is 0 Å². The second kappa shape index (κ2) is 9.48. The van der Waals surface area contributed by atoms with Crippen LogP contribution in [0.4, 0.5) is 0 Å². The lowest BCUT2D eigenvalue weighted by molar-refractivity contribution is -0.145. The van der Waals surface area contributed by atoms with Crippen LogP contribution in [0.3, 0.4) is 0 Å². The number of hydrogen-bond acceptors (Lipinski definition) is 2. The van der Waals surface area contributed by atoms with Crippen molar-refractivity contribution in [1.82, 2.24) is 14.4 Å². The standard InChI is InChI=1S/C31H33Cl2N3O/c32-26-9-3-10-27(33)25(26)19-35-17-22(23-7-1-2-11-28(23)35)16-20-12-13-29-24-8-5-15-34-14-4-6-21(30(24)34)18-36(29)31(20)37/h1-3,7,9-11,16-17,21,24,29-30H,4-6,8,12-15,18-19H2/b20-16+/t21-,24-,29-,30+/m1/s1. The number of nitrogens with zero attached hydrogens (tertiary/aromatic N) is 3. The fourth-order valence-electron chi connectivity index (χ4n) is 7.89. The van der Waals surface area contributed by atoms with Crippen molar-refractivity contribution in [2.75, 3.05) is 19.6 Å². The number of para-hydroxylation sites is 1. The number of rotatable bonds is 3. The van der Waals surface area contributed by atoms with Crippen LogP contribution in [0.2, 0.25) is 10.0 Å². The van der Waals surface area contributed by atoms with E-state index in [-0.39, 0.29) is 5.91 Å². The molecule has 1 aromatic heterocycles. The average Bonchev–Trinajstić information content (AvgIpc) is 3.26. The minimum absolute atomic E-state index is 0.267. The van der Waals surface area contributed by atoms with Crippen molar-refractivity contribution >= 4 is 46.1 Å². The lowest BCUT2D eigenvalue weighted by Gasteiger charge is -2.58. The van der Waals surface area contributed by atoms with Crippen LogP contribution in [0.25, 0.3) is 17.0 Å². The fraction of sp³-hybridized carbons (Fsp3) is 0.452. The van der Waals surface area contributed by atoms with E-state index >= 15 is 0 Å². The van der Waals surface area contributed by atoms with Gasteiger partial charge < -0.3 is 9.47 Å². The molecule has 2 aromatic carbocycles. The average molecular weight is 535 g/mol. The van der Waals surface area contributed by atoms with Gasteiger partial charge >= 0.3 is 0 Å². The van der Waals surface area contributed by atoms with Crippen molar-refractivity contribution < 1.29 is 4.79 Å². The van der Waals surface area contributed by atoms with Gasteiger partial charge in [-0.25, -0.2) is 0 Å². The molecule has 3 aromatic rings. The van der Waals surface area contributed by atoms with E-state index in [4.69, 9.17) is 23.2 Å². The molecule has 1 amide bonds. The van der Waals surface area contributed by atoms with E-state index in [1.165, 1.54) is 38.8 Å². The Bertz CT molecular complexity index is 1370. The summed E-state index contributed by atoms with van der Waals surface area (Å²) in [6, 6.07) is 15.2. The highest BCUT2D eigenvalue weighted by molar-refractivity contribution is 6.36. The summed E-state index contributed by atoms with van der Waals surface area (Å²) in [4.78, 5) is 19.0. The summed E-state index contributed by atoms with van der Waals surface area (Å²) in [5.41, 5.74) is 4.09. The lowest BCUT2D eigenvalue weighted by Crippen LogP contribution is -2.66. The largest absolute Gasteiger partial charge is 0.342 e. The van der Waals surface area contributed by atoms with Crippen LogP contribution in [0, 0.1) is 11.8 Å². The molecular weight excluding hydrogens is 501 g/mol. The number of fused-ring (bicyclic) bond motifs is 3. The summed E-state index contributed by atoms with van der Waals surface area (Å²) >= 11 is 13.0. The normalized spacial score (nSPS) is 29.0. The van der Waals surface area contributed by atoms with Crippen LogP contribution in [-0.4, -0.2) is 52.0 Å². The maximum absolute atomic E-state index is 13.9. The van der Waals surface area contributed by atoms with Crippen LogP contribution in [0.15, 0.2) is 54.2 Å². The Kier molecular flexibility index (Phi) is 6.10. The number of carbonyl (C=O) groups is 1. The van der Waals surface area contributed by atoms with Crippen LogP contribution in [-0.2, 0) is 11.3 Å². The molecule has 4 saturated heterocycles. The first kappa shape index (κ1) is 23.8. The predicted molar refractivity (Wildman–Crippen MR) is 151 cm³/mol. The van der Waals surface area contributed by atoms with E-state index in [0.29, 0.717) is 40.5 Å². The Morgan fingerprint density at radius 2 is 1.73 bits per heavy atom. The zero-order valence-electron chi connectivity index (χ0n) is 21.1. The SMILES string of the molecule is O=C1/C(=C/c2cn(Cc3c(Cl)cccc3Cl)c3ccccc23)CC[C@@H]2[C@H]3CCCN4CCC[C@H](CN12)[C@@H]34. The summed E-state index contributed by atoms with van der Waals surface area (Å²) in [6.45, 7) is 4.04. The first-order valence-electron chi connectivity index (χ1n) is 13.8. The van der Waals surface area contributed by atoms with E-state index in [2.05, 4.69) is 50.9 Å². The number of carbonyl (C=O) groups excluding carboxylic acids is 1. The molecule has 0 spiro atoms. The highest BCUT2D eigenvalue weighted by Gasteiger charge is 2.51. The number of aromatic nitrogens is 1. The van der Waals surface area contributed by atoms with E-state index in [1.54, 1.807) is 0 Å². The van der Waals surface area contributed by atoms with Crippen molar-refractivity contribution in [2.45, 2.75) is 57.2 Å². The molecule has 37 heavy (non-hydrogen) atoms. The smallest absolute Gasteiger partial charge is 0.250 e. The van der Waals surface area contributed by atoms with Crippen LogP contribution >= 0.6 is 23.2 Å². The summed E-state index contributed by atoms with van der Waals surface area (Å²) in [6.07, 6.45) is 11.4. The second-order valence-electron chi connectivity index (χ2n) is 11.4. The van der Waals surface area contributed by atoms with Gasteiger partial charge in [-0.3, -0.25) is 9.69 Å². The van der Waals surface area contributed by atoms with Gasteiger partial charge in [0.25, 0.3) is 0 Å². The molecule has 0 radical (unpaired) electrons. The van der Waals surface area contributed by atoms with Crippen molar-refractivity contribution in [2.24, 2.45) is 11.8 Å². The Labute approximate surface area is 228 Å². The summed E-state index contributed by atoms with van der Waals surface area (Å²) in [5.74, 6) is 1.56. The number of hydrogen-bond donors (Lipinski definition) is 0. The molecule has 6 heteroatoms. The monoisotopic (exact) mass is 533 g/mol. The molecule has 192 valence electrons. The van der Waals surface area contributed by atoms with Crippen LogP contribution < -0.4 is 0 Å². The van der Waals surface area contributed by atoms with Gasteiger partial charge in [0.1, 0.15) is 0 Å². The van der Waals surface area contributed by atoms with Gasteiger partial charge in [-0.1, -0.05) is 47.5 Å². The maximum Gasteiger partial charge on any atom is 0.250 e. The predicted octanol–water partition coefficient (Wildman–Crippen LogP) is 6.88. The summed E-state index contributed by atoms with van der Waals surface area (Å²) < 4.78 is 2.20. The van der Waals surface area contributed by atoms with Crippen molar-refractivity contribution in [1.29, 1.82) is 0 Å². The summed E-state index contributed by atoms with van der Waals surface area (Å²) in [5, 5.41) is 2.50. The molecule has 7 rings (SSSR count). The third-order valence-electron chi connectivity index (χ3n) is 9.46. The molecule has 4 atom stereocenters. The number of piperidine rings is 4. The van der Waals surface area contributed by atoms with Crippen molar-refractivity contribution in [3.05, 3.63) is 75.4 Å². The Morgan fingerprint density at radius 3 is 2.57 bits per heavy atom. The third-order valence-corrected chi connectivity index (χ3v) is 10.2. The van der Waals surface area contributed by atoms with Gasteiger partial charge in [-0.2, -0.15) is 0 Å². The van der Waals surface area contributed by atoms with Gasteiger partial charge in [0.2, 0.25) is 5.91 Å². The number of halogens is 2. The van der Waals surface area contributed by atoms with Crippen molar-refractivity contribution in [3.8, 4) is 0 Å². The lowest BCUT2D eigenvalue weighted by atomic mass is 9.67. The highest BCUT2D eigenvalue weighted by atomic mass is 35.5. The van der Waals surface area contributed by atoms with Gasteiger partial charge in [0, 0.05) is 62.5 Å². The van der Waals surface area contributed by atoms with Crippen LogP contribution in [0.5, 0.6) is 0 Å². The Hall–Kier alpha value is -2.27. The third kappa shape index (κ3) is 4.04. The molecule has 0 N–H and O–H groups in total. The van der Waals surface area contributed by atoms with E-state index in [1.807, 2.05) is 18.2 Å². The van der Waals surface area contributed by atoms with Gasteiger partial charge in [-0.05, 0) is 87.7 Å². The number of benzene rings is 2. The molecule has 4 fully saturated rings. The molecule has 4 aliphatic heterocycles. The van der Waals surface area contributed by atoms with E-state index in [9.17, 15) is 4.79 Å². The van der Waals surface area contributed by atoms with E-state index < -0.39 is 0 Å². The minimum atomic E-state index is 0.267. The van der Waals surface area contributed by atoms with Gasteiger partial charge in [0.05, 0.1) is 6.54 Å². The molecule has 0 unspecified atom stereocenters. The highest BCUT2D eigenvalue weighted by Crippen LogP contribution is 2.45. The topological polar surface area (TPSA) is 28.5 Å². The molecule has 0 bridgehead atoms. The van der Waals surface area contributed by atoms with Gasteiger partial charge in [-0.15, -0.1) is 0 Å². The second-order valence-corrected chi connectivity index (χ2v) is 12.2. The maximum atomic E-state index is 13.9. The molecule has 5 heterocycles. The fourth-order valence-corrected chi connectivity index (χ4v) is 8.41. The zero-order valence-corrected chi connectivity index (χ0v) is 22.6. The molecule has 0 aliphatic carbocycles. The zero-order chi connectivity index (χ0) is 25.1. The Balaban J connectivity index is 1.21. The first-order valence-corrected chi connectivity index (χ1v) is 14.6. The molecule has 0 saturated carbocycles. The van der Waals surface area contributed by atoms with Crippen LogP contribution in [0.1, 0.15) is 49.7 Å². The molecular formula is C31H33Cl2N3O. The molecule has 4 aliphatic rings. The van der Waals surface area contributed by atoms with E-state index in [0.717, 1.165) is 47.0 Å².